The molecule has 1 saturated heterocycles. The third-order valence-corrected chi connectivity index (χ3v) is 5.69. The van der Waals surface area contributed by atoms with Crippen LogP contribution in [0.25, 0.3) is 10.4 Å². The largest absolute Gasteiger partial charge is 0.481 e. The molecule has 1 aliphatic carbocycles. The summed E-state index contributed by atoms with van der Waals surface area (Å²) in [7, 11) is 0. The first-order chi connectivity index (χ1) is 14.3. The molecule has 7 atom stereocenters. The minimum Gasteiger partial charge on any atom is -0.481 e. The molecule has 2 rings (SSSR count). The van der Waals surface area contributed by atoms with Gasteiger partial charge < -0.3 is 25.3 Å². The minimum absolute atomic E-state index is 0.0314. The Morgan fingerprint density at radius 1 is 1.10 bits per heavy atom. The second-order valence-electron chi connectivity index (χ2n) is 7.68. The monoisotopic (exact) mass is 422 g/mol. The van der Waals surface area contributed by atoms with Crippen molar-refractivity contribution in [3.05, 3.63) is 10.4 Å². The van der Waals surface area contributed by atoms with Crippen LogP contribution in [0.15, 0.2) is 5.11 Å². The Morgan fingerprint density at radius 3 is 2.40 bits per heavy atom. The first kappa shape index (κ1) is 23.6. The predicted molar refractivity (Wildman–Crippen MR) is 103 cm³/mol. The molecule has 164 valence electrons. The summed E-state index contributed by atoms with van der Waals surface area (Å²) in [6, 6.07) is -1.90. The average Bonchev–Trinajstić information content (AvgIpc) is 3.42. The van der Waals surface area contributed by atoms with Crippen LogP contribution in [0, 0.1) is 24.2 Å². The predicted octanol–water partition coefficient (Wildman–Crippen LogP) is -0.168. The standard InChI is InChI=1S/C19H26N4O7/c1-2-6-10(9-11(24)7-4-3-5-8-21-22-20)18(28)23-13-12(19(29)30)15(25)17(27)16(26)14(13)23/h1,10,12-17,25-27H,3-9H2,(H,29,30). The van der Waals surface area contributed by atoms with Gasteiger partial charge in [-0.05, 0) is 18.4 Å². The van der Waals surface area contributed by atoms with Crippen LogP contribution in [-0.4, -0.2) is 79.9 Å². The molecule has 2 fully saturated rings. The zero-order valence-electron chi connectivity index (χ0n) is 16.4. The van der Waals surface area contributed by atoms with E-state index in [4.69, 9.17) is 12.0 Å². The van der Waals surface area contributed by atoms with Gasteiger partial charge in [0.2, 0.25) is 5.91 Å². The topological polar surface area (TPSA) is 184 Å². The summed E-state index contributed by atoms with van der Waals surface area (Å²) < 4.78 is 0. The van der Waals surface area contributed by atoms with Gasteiger partial charge >= 0.3 is 5.97 Å². The molecule has 0 aromatic rings. The number of rotatable bonds is 11. The molecule has 1 heterocycles. The van der Waals surface area contributed by atoms with Gasteiger partial charge in [-0.2, -0.15) is 0 Å². The van der Waals surface area contributed by atoms with Gasteiger partial charge in [0.1, 0.15) is 23.9 Å². The van der Waals surface area contributed by atoms with E-state index in [0.717, 1.165) is 4.90 Å². The van der Waals surface area contributed by atoms with E-state index in [1.165, 1.54) is 0 Å². The van der Waals surface area contributed by atoms with E-state index in [1.54, 1.807) is 0 Å². The molecule has 1 amide bonds. The molecule has 2 aliphatic rings. The summed E-state index contributed by atoms with van der Waals surface area (Å²) in [5, 5.41) is 42.8. The second kappa shape index (κ2) is 10.4. The van der Waals surface area contributed by atoms with Crippen molar-refractivity contribution in [1.29, 1.82) is 0 Å². The SMILES string of the molecule is C#CCC(CC(=O)CCCCCN=[N+]=[N-])C(=O)N1C2C(O)C(O)C(O)C(C(=O)O)C21. The average molecular weight is 422 g/mol. The normalized spacial score (nSPS) is 30.4. The zero-order valence-corrected chi connectivity index (χ0v) is 16.4. The van der Waals surface area contributed by atoms with Crippen molar-refractivity contribution in [2.75, 3.05) is 6.54 Å². The Kier molecular flexibility index (Phi) is 8.20. The number of carboxylic acids is 1. The number of Topliss-reactive ketones (excluding diaryl/α,β-unsaturated/α-hetero) is 1. The van der Waals surface area contributed by atoms with Crippen molar-refractivity contribution in [3.8, 4) is 12.3 Å². The Hall–Kier alpha value is -2.64. The number of nitrogens with zero attached hydrogens (tertiary/aromatic N) is 4. The van der Waals surface area contributed by atoms with Gasteiger partial charge in [-0.3, -0.25) is 14.4 Å². The third kappa shape index (κ3) is 5.09. The molecule has 0 aromatic carbocycles. The van der Waals surface area contributed by atoms with Crippen molar-refractivity contribution in [2.45, 2.75) is 68.9 Å². The van der Waals surface area contributed by atoms with Gasteiger partial charge in [-0.1, -0.05) is 11.5 Å². The molecule has 0 radical (unpaired) electrons. The first-order valence-corrected chi connectivity index (χ1v) is 9.81. The van der Waals surface area contributed by atoms with Crippen LogP contribution in [0.5, 0.6) is 0 Å². The lowest BCUT2D eigenvalue weighted by Crippen LogP contribution is -2.53. The van der Waals surface area contributed by atoms with E-state index in [1.807, 2.05) is 0 Å². The highest BCUT2D eigenvalue weighted by molar-refractivity contribution is 5.90. The van der Waals surface area contributed by atoms with E-state index in [9.17, 15) is 34.8 Å². The molecule has 30 heavy (non-hydrogen) atoms. The number of carboxylic acid groups (broad SMARTS) is 1. The number of aliphatic hydroxyl groups excluding tert-OH is 3. The molecular weight excluding hydrogens is 396 g/mol. The highest BCUT2D eigenvalue weighted by atomic mass is 16.4. The van der Waals surface area contributed by atoms with Crippen LogP contribution in [0.3, 0.4) is 0 Å². The number of terminal acetylenes is 1. The van der Waals surface area contributed by atoms with Crippen molar-refractivity contribution < 1.29 is 34.8 Å². The molecule has 1 aliphatic heterocycles. The van der Waals surface area contributed by atoms with Crippen LogP contribution >= 0.6 is 0 Å². The number of amides is 1. The van der Waals surface area contributed by atoms with E-state index >= 15 is 0 Å². The van der Waals surface area contributed by atoms with E-state index < -0.39 is 54.1 Å². The molecule has 1 saturated carbocycles. The van der Waals surface area contributed by atoms with Crippen LogP contribution in [-0.2, 0) is 14.4 Å². The van der Waals surface area contributed by atoms with Crippen LogP contribution in [0.4, 0.5) is 0 Å². The highest BCUT2D eigenvalue weighted by Crippen LogP contribution is 2.46. The number of carbonyl (C=O) groups excluding carboxylic acids is 2. The van der Waals surface area contributed by atoms with Crippen molar-refractivity contribution >= 4 is 17.7 Å². The van der Waals surface area contributed by atoms with Crippen LogP contribution < -0.4 is 0 Å². The lowest BCUT2D eigenvalue weighted by atomic mass is 9.83. The number of hydrogen-bond acceptors (Lipinski definition) is 7. The summed E-state index contributed by atoms with van der Waals surface area (Å²) in [6.07, 6.45) is 2.44. The Labute approximate surface area is 173 Å². The van der Waals surface area contributed by atoms with Gasteiger partial charge in [-0.15, -0.1) is 12.3 Å². The number of aliphatic carboxylic acids is 1. The number of likely N-dealkylation sites (tertiary alicyclic amines) is 1. The fourth-order valence-corrected chi connectivity index (χ4v) is 4.13. The van der Waals surface area contributed by atoms with Crippen molar-refractivity contribution in [2.24, 2.45) is 17.0 Å². The van der Waals surface area contributed by atoms with Crippen molar-refractivity contribution in [3.63, 3.8) is 0 Å². The number of hydrogen-bond donors (Lipinski definition) is 4. The maximum Gasteiger partial charge on any atom is 0.311 e. The van der Waals surface area contributed by atoms with Gasteiger partial charge in [0.05, 0.1) is 24.1 Å². The maximum absolute atomic E-state index is 12.9. The number of unbranched alkanes of at least 4 members (excludes halogenated alkanes) is 2. The van der Waals surface area contributed by atoms with E-state index in [2.05, 4.69) is 15.9 Å². The van der Waals surface area contributed by atoms with E-state index in [-0.39, 0.29) is 25.0 Å². The Bertz CT molecular complexity index is 760. The quantitative estimate of drug-likeness (QED) is 0.0889. The Morgan fingerprint density at radius 2 is 1.80 bits per heavy atom. The lowest BCUT2D eigenvalue weighted by molar-refractivity contribution is -0.156. The van der Waals surface area contributed by atoms with Crippen LogP contribution in [0.2, 0.25) is 0 Å². The maximum atomic E-state index is 12.9. The van der Waals surface area contributed by atoms with Crippen molar-refractivity contribution in [1.82, 2.24) is 4.90 Å². The Balaban J connectivity index is 1.98. The highest BCUT2D eigenvalue weighted by Gasteiger charge is 2.68. The molecule has 4 N–H and O–H groups in total. The van der Waals surface area contributed by atoms with Crippen LogP contribution in [0.1, 0.15) is 38.5 Å². The minimum atomic E-state index is -1.71. The second-order valence-corrected chi connectivity index (χ2v) is 7.68. The summed E-state index contributed by atoms with van der Waals surface area (Å²) in [4.78, 5) is 40.5. The number of fused-ring (bicyclic) bond motifs is 1. The molecule has 0 spiro atoms. The molecular formula is C19H26N4O7. The van der Waals surface area contributed by atoms with Gasteiger partial charge in [0, 0.05) is 30.7 Å². The summed E-state index contributed by atoms with van der Waals surface area (Å²) >= 11 is 0. The smallest absolute Gasteiger partial charge is 0.311 e. The summed E-state index contributed by atoms with van der Waals surface area (Å²) in [6.45, 7) is 0.353. The summed E-state index contributed by atoms with van der Waals surface area (Å²) in [5.74, 6) is -2.08. The molecule has 11 heteroatoms. The molecule has 0 bridgehead atoms. The molecule has 0 aromatic heterocycles. The molecule has 11 nitrogen and oxygen atoms in total. The van der Waals surface area contributed by atoms with Gasteiger partial charge in [-0.25, -0.2) is 0 Å². The first-order valence-electron chi connectivity index (χ1n) is 9.81. The fraction of sp³-hybridized carbons (Fsp3) is 0.737. The molecule has 7 unspecified atom stereocenters. The number of ketones is 1. The fourth-order valence-electron chi connectivity index (χ4n) is 4.13. The number of azide groups is 1. The van der Waals surface area contributed by atoms with Gasteiger partial charge in [0.25, 0.3) is 0 Å². The lowest BCUT2D eigenvalue weighted by Gasteiger charge is -2.30. The zero-order chi connectivity index (χ0) is 22.4. The van der Waals surface area contributed by atoms with E-state index in [0.29, 0.717) is 25.8 Å². The summed E-state index contributed by atoms with van der Waals surface area (Å²) in [5.41, 5.74) is 8.21. The van der Waals surface area contributed by atoms with Gasteiger partial charge in [0.15, 0.2) is 0 Å². The third-order valence-electron chi connectivity index (χ3n) is 5.69. The number of carbonyl (C=O) groups is 3. The number of aliphatic hydroxyl groups is 3.